The van der Waals surface area contributed by atoms with Crippen molar-refractivity contribution in [1.29, 1.82) is 0 Å². The van der Waals surface area contributed by atoms with Gasteiger partial charge in [-0.25, -0.2) is 0 Å². The summed E-state index contributed by atoms with van der Waals surface area (Å²) in [5.74, 6) is 0.847. The fraction of sp³-hybridized carbons (Fsp3) is 0.941. The van der Waals surface area contributed by atoms with Crippen molar-refractivity contribution in [3.8, 4) is 0 Å². The van der Waals surface area contributed by atoms with Gasteiger partial charge >= 0.3 is 0 Å². The molecule has 0 aromatic rings. The highest BCUT2D eigenvalue weighted by Crippen LogP contribution is 2.19. The molecule has 5 nitrogen and oxygen atoms in total. The number of nitrogens with zero attached hydrogens (tertiary/aromatic N) is 1. The van der Waals surface area contributed by atoms with E-state index in [9.17, 15) is 0 Å². The minimum atomic E-state index is 0.158. The number of aliphatic imine (C=N–C) groups is 1. The molecule has 0 aliphatic heterocycles. The van der Waals surface area contributed by atoms with E-state index in [-0.39, 0.29) is 5.54 Å². The number of nitrogens with one attached hydrogen (secondary N) is 3. The second kappa shape index (κ2) is 10.8. The molecule has 22 heavy (non-hydrogen) atoms. The summed E-state index contributed by atoms with van der Waals surface area (Å²) in [5, 5.41) is 10.1. The Labute approximate surface area is 136 Å². The third-order valence-corrected chi connectivity index (χ3v) is 3.85. The summed E-state index contributed by atoms with van der Waals surface area (Å²) in [6.07, 6.45) is 8.31. The molecule has 1 aliphatic carbocycles. The van der Waals surface area contributed by atoms with Crippen molar-refractivity contribution in [1.82, 2.24) is 16.0 Å². The fourth-order valence-electron chi connectivity index (χ4n) is 2.64. The van der Waals surface area contributed by atoms with Crippen LogP contribution in [0.2, 0.25) is 0 Å². The Kier molecular flexibility index (Phi) is 9.48. The molecular formula is C17H36N4O. The number of hydrogen-bond acceptors (Lipinski definition) is 3. The lowest BCUT2D eigenvalue weighted by atomic mass is 10.1. The molecule has 5 heteroatoms. The Balaban J connectivity index is 2.06. The van der Waals surface area contributed by atoms with E-state index < -0.39 is 0 Å². The summed E-state index contributed by atoms with van der Waals surface area (Å²) in [7, 11) is 1.80. The quantitative estimate of drug-likeness (QED) is 0.292. The molecule has 0 atom stereocenters. The van der Waals surface area contributed by atoms with Gasteiger partial charge in [0.2, 0.25) is 0 Å². The average molecular weight is 313 g/mol. The zero-order valence-electron chi connectivity index (χ0n) is 15.0. The first-order valence-corrected chi connectivity index (χ1v) is 8.82. The molecule has 0 spiro atoms. The van der Waals surface area contributed by atoms with Crippen LogP contribution in [0.25, 0.3) is 0 Å². The van der Waals surface area contributed by atoms with Gasteiger partial charge in [0.05, 0.1) is 12.7 Å². The van der Waals surface area contributed by atoms with Crippen LogP contribution in [0.5, 0.6) is 0 Å². The van der Waals surface area contributed by atoms with Crippen molar-refractivity contribution in [2.45, 2.75) is 70.9 Å². The highest BCUT2D eigenvalue weighted by Gasteiger charge is 2.12. The molecule has 1 aliphatic rings. The molecular weight excluding hydrogens is 276 g/mol. The van der Waals surface area contributed by atoms with E-state index in [1.165, 1.54) is 38.5 Å². The SMILES string of the molecule is CN=C(NCCNC(C)(C)C)NCCOC1CCCCCC1. The highest BCUT2D eigenvalue weighted by molar-refractivity contribution is 5.79. The van der Waals surface area contributed by atoms with Crippen LogP contribution in [0, 0.1) is 0 Å². The van der Waals surface area contributed by atoms with Gasteiger partial charge in [-0.2, -0.15) is 0 Å². The van der Waals surface area contributed by atoms with Gasteiger partial charge in [0.25, 0.3) is 0 Å². The molecule has 0 aromatic carbocycles. The summed E-state index contributed by atoms with van der Waals surface area (Å²) < 4.78 is 5.97. The normalized spacial score (nSPS) is 18.1. The predicted octanol–water partition coefficient (Wildman–Crippen LogP) is 2.28. The summed E-state index contributed by atoms with van der Waals surface area (Å²) in [6.45, 7) is 9.86. The summed E-state index contributed by atoms with van der Waals surface area (Å²) in [5.41, 5.74) is 0.158. The van der Waals surface area contributed by atoms with E-state index >= 15 is 0 Å². The van der Waals surface area contributed by atoms with E-state index in [0.717, 1.165) is 32.2 Å². The van der Waals surface area contributed by atoms with Gasteiger partial charge in [0.15, 0.2) is 5.96 Å². The Morgan fingerprint density at radius 2 is 1.64 bits per heavy atom. The van der Waals surface area contributed by atoms with E-state index in [4.69, 9.17) is 4.74 Å². The van der Waals surface area contributed by atoms with Crippen LogP contribution >= 0.6 is 0 Å². The van der Waals surface area contributed by atoms with E-state index in [1.807, 2.05) is 0 Å². The van der Waals surface area contributed by atoms with Gasteiger partial charge in [-0.1, -0.05) is 25.7 Å². The lowest BCUT2D eigenvalue weighted by molar-refractivity contribution is 0.0468. The molecule has 0 saturated heterocycles. The van der Waals surface area contributed by atoms with Crippen LogP contribution in [0.3, 0.4) is 0 Å². The lowest BCUT2D eigenvalue weighted by Crippen LogP contribution is -2.45. The summed E-state index contributed by atoms with van der Waals surface area (Å²) in [4.78, 5) is 4.23. The Morgan fingerprint density at radius 3 is 2.23 bits per heavy atom. The number of guanidine groups is 1. The van der Waals surface area contributed by atoms with Crippen LogP contribution in [0.1, 0.15) is 59.3 Å². The number of rotatable bonds is 7. The maximum atomic E-state index is 5.97. The van der Waals surface area contributed by atoms with Gasteiger partial charge in [-0.05, 0) is 33.6 Å². The van der Waals surface area contributed by atoms with E-state index in [2.05, 4.69) is 41.7 Å². The standard InChI is InChI=1S/C17H36N4O/c1-17(2,3)21-12-11-19-16(18-4)20-13-14-22-15-9-7-5-6-8-10-15/h15,21H,5-14H2,1-4H3,(H2,18,19,20). The molecule has 1 saturated carbocycles. The monoisotopic (exact) mass is 312 g/mol. The lowest BCUT2D eigenvalue weighted by Gasteiger charge is -2.21. The average Bonchev–Trinajstić information content (AvgIpc) is 2.73. The first kappa shape index (κ1) is 19.2. The van der Waals surface area contributed by atoms with Crippen molar-refractivity contribution in [2.24, 2.45) is 4.99 Å². The van der Waals surface area contributed by atoms with Crippen molar-refractivity contribution in [3.05, 3.63) is 0 Å². The van der Waals surface area contributed by atoms with Crippen molar-refractivity contribution < 1.29 is 4.74 Å². The summed E-state index contributed by atoms with van der Waals surface area (Å²) >= 11 is 0. The van der Waals surface area contributed by atoms with Gasteiger partial charge in [-0.3, -0.25) is 4.99 Å². The largest absolute Gasteiger partial charge is 0.376 e. The molecule has 130 valence electrons. The maximum absolute atomic E-state index is 5.97. The van der Waals surface area contributed by atoms with Crippen LogP contribution in [-0.2, 0) is 4.74 Å². The third-order valence-electron chi connectivity index (χ3n) is 3.85. The van der Waals surface area contributed by atoms with Crippen LogP contribution in [0.15, 0.2) is 4.99 Å². The number of hydrogen-bond donors (Lipinski definition) is 3. The van der Waals surface area contributed by atoms with Crippen molar-refractivity contribution in [3.63, 3.8) is 0 Å². The summed E-state index contributed by atoms with van der Waals surface area (Å²) in [6, 6.07) is 0. The topological polar surface area (TPSA) is 57.7 Å². The first-order valence-electron chi connectivity index (χ1n) is 8.82. The molecule has 1 fully saturated rings. The van der Waals surface area contributed by atoms with E-state index in [0.29, 0.717) is 6.10 Å². The van der Waals surface area contributed by atoms with Crippen LogP contribution in [-0.4, -0.2) is 50.9 Å². The van der Waals surface area contributed by atoms with Crippen LogP contribution < -0.4 is 16.0 Å². The Hall–Kier alpha value is -0.810. The zero-order valence-corrected chi connectivity index (χ0v) is 15.0. The van der Waals surface area contributed by atoms with Gasteiger partial charge in [0, 0.05) is 32.2 Å². The molecule has 0 unspecified atom stereocenters. The molecule has 0 radical (unpaired) electrons. The van der Waals surface area contributed by atoms with Crippen molar-refractivity contribution >= 4 is 5.96 Å². The van der Waals surface area contributed by atoms with Crippen LogP contribution in [0.4, 0.5) is 0 Å². The minimum Gasteiger partial charge on any atom is -0.376 e. The maximum Gasteiger partial charge on any atom is 0.191 e. The second-order valence-electron chi connectivity index (χ2n) is 7.09. The molecule has 3 N–H and O–H groups in total. The first-order chi connectivity index (χ1) is 10.5. The second-order valence-corrected chi connectivity index (χ2v) is 7.09. The zero-order chi connectivity index (χ0) is 16.3. The molecule has 0 bridgehead atoms. The Morgan fingerprint density at radius 1 is 1.00 bits per heavy atom. The van der Waals surface area contributed by atoms with Gasteiger partial charge in [0.1, 0.15) is 0 Å². The number of ether oxygens (including phenoxy) is 1. The fourth-order valence-corrected chi connectivity index (χ4v) is 2.64. The molecule has 0 heterocycles. The third kappa shape index (κ3) is 10.0. The molecule has 0 aromatic heterocycles. The predicted molar refractivity (Wildman–Crippen MR) is 94.6 cm³/mol. The van der Waals surface area contributed by atoms with E-state index in [1.54, 1.807) is 7.05 Å². The minimum absolute atomic E-state index is 0.158. The molecule has 1 rings (SSSR count). The van der Waals surface area contributed by atoms with Gasteiger partial charge < -0.3 is 20.7 Å². The van der Waals surface area contributed by atoms with Gasteiger partial charge in [-0.15, -0.1) is 0 Å². The van der Waals surface area contributed by atoms with Crippen molar-refractivity contribution in [2.75, 3.05) is 33.3 Å². The molecule has 0 amide bonds. The Bertz CT molecular complexity index is 304. The smallest absolute Gasteiger partial charge is 0.191 e. The highest BCUT2D eigenvalue weighted by atomic mass is 16.5.